The van der Waals surface area contributed by atoms with E-state index in [9.17, 15) is 0 Å². The minimum Gasteiger partial charge on any atom is -0.259 e. The van der Waals surface area contributed by atoms with E-state index >= 15 is 0 Å². The van der Waals surface area contributed by atoms with E-state index in [-0.39, 0.29) is 5.92 Å². The van der Waals surface area contributed by atoms with Gasteiger partial charge in [0.2, 0.25) is 0 Å². The lowest BCUT2D eigenvalue weighted by molar-refractivity contribution is 0.872. The molecule has 0 aliphatic heterocycles. The highest BCUT2D eigenvalue weighted by Crippen LogP contribution is 2.25. The number of hydrogen-bond acceptors (Lipinski definition) is 1. The minimum absolute atomic E-state index is 0.201. The molecule has 0 aliphatic rings. The van der Waals surface area contributed by atoms with Gasteiger partial charge in [-0.05, 0) is 17.7 Å². The summed E-state index contributed by atoms with van der Waals surface area (Å²) in [5.41, 5.74) is 2.78. The summed E-state index contributed by atoms with van der Waals surface area (Å²) in [5.74, 6) is 0.201. The van der Waals surface area contributed by atoms with E-state index in [0.717, 1.165) is 11.3 Å². The molecule has 17 heavy (non-hydrogen) atoms. The minimum atomic E-state index is 0.201. The molecule has 2 aromatic rings. The molecule has 0 radical (unpaired) electrons. The fourth-order valence-corrected chi connectivity index (χ4v) is 1.76. The third kappa shape index (κ3) is 2.64. The molecule has 0 amide bonds. The molecule has 0 bridgehead atoms. The number of aromatic nitrogens is 1. The molecule has 3 heteroatoms. The van der Waals surface area contributed by atoms with E-state index in [2.05, 4.69) is 16.8 Å². The largest absolute Gasteiger partial charge is 0.259 e. The van der Waals surface area contributed by atoms with E-state index in [0.29, 0.717) is 10.7 Å². The van der Waals surface area contributed by atoms with Crippen molar-refractivity contribution < 1.29 is 0 Å². The van der Waals surface area contributed by atoms with Gasteiger partial charge in [-0.15, -0.1) is 0 Å². The van der Waals surface area contributed by atoms with Crippen LogP contribution in [0.4, 0.5) is 5.69 Å². The van der Waals surface area contributed by atoms with Crippen molar-refractivity contribution in [1.82, 2.24) is 4.98 Å². The van der Waals surface area contributed by atoms with Crippen molar-refractivity contribution in [2.75, 3.05) is 0 Å². The fraction of sp³-hybridized carbons (Fsp3) is 0.143. The highest BCUT2D eigenvalue weighted by atomic mass is 35.5. The standard InChI is InChI=1S/C14H11ClN2/c1-10(14-8-5-12(15)9-17-14)11-3-6-13(16-2)7-4-11/h3-10H,1H3. The maximum absolute atomic E-state index is 6.91. The molecule has 1 atom stereocenters. The average Bonchev–Trinajstić information content (AvgIpc) is 2.39. The molecule has 1 heterocycles. The van der Waals surface area contributed by atoms with Crippen LogP contribution in [0.1, 0.15) is 24.1 Å². The van der Waals surface area contributed by atoms with Crippen LogP contribution in [0.2, 0.25) is 5.02 Å². The Hall–Kier alpha value is -1.85. The predicted octanol–water partition coefficient (Wildman–Crippen LogP) is 4.44. The first-order valence-corrected chi connectivity index (χ1v) is 5.67. The molecular formula is C14H11ClN2. The molecular weight excluding hydrogens is 232 g/mol. The lowest BCUT2D eigenvalue weighted by atomic mass is 9.97. The van der Waals surface area contributed by atoms with E-state index in [4.69, 9.17) is 18.2 Å². The number of halogens is 1. The van der Waals surface area contributed by atoms with Gasteiger partial charge in [0.05, 0.1) is 11.6 Å². The molecule has 1 unspecified atom stereocenters. The second-order valence-corrected chi connectivity index (χ2v) is 4.26. The maximum Gasteiger partial charge on any atom is 0.187 e. The summed E-state index contributed by atoms with van der Waals surface area (Å²) in [6.07, 6.45) is 1.65. The Morgan fingerprint density at radius 1 is 1.18 bits per heavy atom. The summed E-state index contributed by atoms with van der Waals surface area (Å²) in [5, 5.41) is 0.643. The van der Waals surface area contributed by atoms with Gasteiger partial charge in [0.1, 0.15) is 0 Å². The Labute approximate surface area is 106 Å². The first-order chi connectivity index (χ1) is 8.20. The zero-order valence-electron chi connectivity index (χ0n) is 9.39. The van der Waals surface area contributed by atoms with Crippen LogP contribution in [-0.4, -0.2) is 4.98 Å². The van der Waals surface area contributed by atoms with E-state index in [1.807, 2.05) is 36.4 Å². The Balaban J connectivity index is 2.27. The molecule has 0 saturated heterocycles. The third-order valence-corrected chi connectivity index (χ3v) is 2.94. The summed E-state index contributed by atoms with van der Waals surface area (Å²) in [4.78, 5) is 7.68. The van der Waals surface area contributed by atoms with Crippen LogP contribution in [0.15, 0.2) is 42.6 Å². The van der Waals surface area contributed by atoms with Gasteiger partial charge in [-0.3, -0.25) is 4.98 Å². The van der Waals surface area contributed by atoms with Crippen LogP contribution in [0.3, 0.4) is 0 Å². The highest BCUT2D eigenvalue weighted by molar-refractivity contribution is 6.30. The highest BCUT2D eigenvalue weighted by Gasteiger charge is 2.09. The topological polar surface area (TPSA) is 17.2 Å². The number of benzene rings is 1. The van der Waals surface area contributed by atoms with Gasteiger partial charge in [-0.1, -0.05) is 42.8 Å². The molecule has 0 aliphatic carbocycles. The van der Waals surface area contributed by atoms with Crippen LogP contribution in [0.5, 0.6) is 0 Å². The second-order valence-electron chi connectivity index (χ2n) is 3.83. The molecule has 0 saturated carbocycles. The number of rotatable bonds is 2. The van der Waals surface area contributed by atoms with Crippen molar-refractivity contribution in [1.29, 1.82) is 0 Å². The normalized spacial score (nSPS) is 11.8. The van der Waals surface area contributed by atoms with E-state index in [1.54, 1.807) is 6.20 Å². The van der Waals surface area contributed by atoms with Gasteiger partial charge < -0.3 is 0 Å². The number of hydrogen-bond donors (Lipinski definition) is 0. The Bertz CT molecular complexity index is 538. The third-order valence-electron chi connectivity index (χ3n) is 2.72. The summed E-state index contributed by atoms with van der Waals surface area (Å²) < 4.78 is 0. The Morgan fingerprint density at radius 3 is 2.41 bits per heavy atom. The summed E-state index contributed by atoms with van der Waals surface area (Å²) in [6.45, 7) is 8.99. The van der Waals surface area contributed by atoms with Crippen molar-refractivity contribution in [2.24, 2.45) is 0 Å². The first kappa shape index (κ1) is 11.6. The van der Waals surface area contributed by atoms with E-state index < -0.39 is 0 Å². The van der Waals surface area contributed by atoms with Gasteiger partial charge in [0.25, 0.3) is 0 Å². The maximum atomic E-state index is 6.91. The van der Waals surface area contributed by atoms with Gasteiger partial charge in [0.15, 0.2) is 5.69 Å². The van der Waals surface area contributed by atoms with Gasteiger partial charge in [-0.25, -0.2) is 4.85 Å². The molecule has 0 spiro atoms. The van der Waals surface area contributed by atoms with Gasteiger partial charge in [-0.2, -0.15) is 0 Å². The van der Waals surface area contributed by atoms with Crippen molar-refractivity contribution in [3.8, 4) is 0 Å². The molecule has 0 fully saturated rings. The molecule has 1 aromatic carbocycles. The average molecular weight is 243 g/mol. The van der Waals surface area contributed by atoms with Gasteiger partial charge >= 0.3 is 0 Å². The monoisotopic (exact) mass is 242 g/mol. The summed E-state index contributed by atoms with van der Waals surface area (Å²) in [6, 6.07) is 11.4. The second kappa shape index (κ2) is 4.99. The molecule has 2 rings (SSSR count). The van der Waals surface area contributed by atoms with Crippen molar-refractivity contribution in [2.45, 2.75) is 12.8 Å². The lowest BCUT2D eigenvalue weighted by Crippen LogP contribution is -1.98. The van der Waals surface area contributed by atoms with Crippen molar-refractivity contribution in [3.63, 3.8) is 0 Å². The fourth-order valence-electron chi connectivity index (χ4n) is 1.65. The Morgan fingerprint density at radius 2 is 1.88 bits per heavy atom. The predicted molar refractivity (Wildman–Crippen MR) is 69.5 cm³/mol. The zero-order chi connectivity index (χ0) is 12.3. The molecule has 0 N–H and O–H groups in total. The van der Waals surface area contributed by atoms with Gasteiger partial charge in [0, 0.05) is 17.8 Å². The van der Waals surface area contributed by atoms with Crippen LogP contribution in [-0.2, 0) is 0 Å². The van der Waals surface area contributed by atoms with Crippen molar-refractivity contribution in [3.05, 3.63) is 70.3 Å². The molecule has 1 aromatic heterocycles. The SMILES string of the molecule is [C-]#[N+]c1ccc(C(C)c2ccc(Cl)cn2)cc1. The molecule has 2 nitrogen and oxygen atoms in total. The molecule has 84 valence electrons. The van der Waals surface area contributed by atoms with Crippen LogP contribution in [0.25, 0.3) is 4.85 Å². The number of pyridine rings is 1. The quantitative estimate of drug-likeness (QED) is 0.712. The zero-order valence-corrected chi connectivity index (χ0v) is 10.1. The van der Waals surface area contributed by atoms with Crippen molar-refractivity contribution >= 4 is 17.3 Å². The van der Waals surface area contributed by atoms with Crippen LogP contribution >= 0.6 is 11.6 Å². The number of nitrogens with zero attached hydrogens (tertiary/aromatic N) is 2. The first-order valence-electron chi connectivity index (χ1n) is 5.29. The summed E-state index contributed by atoms with van der Waals surface area (Å²) >= 11 is 5.81. The smallest absolute Gasteiger partial charge is 0.187 e. The van der Waals surface area contributed by atoms with Crippen LogP contribution in [0, 0.1) is 6.57 Å². The summed E-state index contributed by atoms with van der Waals surface area (Å²) in [7, 11) is 0. The van der Waals surface area contributed by atoms with E-state index in [1.165, 1.54) is 0 Å². The lowest BCUT2D eigenvalue weighted by Gasteiger charge is -2.11. The Kier molecular flexibility index (Phi) is 3.41. The van der Waals surface area contributed by atoms with Crippen LogP contribution < -0.4 is 0 Å².